The highest BCUT2D eigenvalue weighted by atomic mass is 16.3. The van der Waals surface area contributed by atoms with E-state index in [1.165, 1.54) is 19.3 Å². The highest BCUT2D eigenvalue weighted by Crippen LogP contribution is 2.35. The van der Waals surface area contributed by atoms with Gasteiger partial charge in [-0.3, -0.25) is 0 Å². The zero-order valence-electron chi connectivity index (χ0n) is 7.16. The molecule has 2 heteroatoms. The Balaban J connectivity index is 2.08. The Hall–Kier alpha value is -0.0800. The predicted molar refractivity (Wildman–Crippen MR) is 44.4 cm³/mol. The number of hydrogen-bond donors (Lipinski definition) is 1. The van der Waals surface area contributed by atoms with Crippen molar-refractivity contribution in [2.24, 2.45) is 5.92 Å². The third-order valence-corrected chi connectivity index (χ3v) is 3.37. The van der Waals surface area contributed by atoms with Crippen LogP contribution in [0.15, 0.2) is 0 Å². The van der Waals surface area contributed by atoms with Crippen LogP contribution in [0.2, 0.25) is 0 Å². The van der Waals surface area contributed by atoms with Gasteiger partial charge in [-0.25, -0.2) is 0 Å². The maximum absolute atomic E-state index is 9.67. The zero-order valence-corrected chi connectivity index (χ0v) is 7.16. The molecule has 1 aliphatic carbocycles. The van der Waals surface area contributed by atoms with Gasteiger partial charge in [0.05, 0.1) is 6.10 Å². The van der Waals surface area contributed by atoms with Crippen LogP contribution in [0.1, 0.15) is 25.7 Å². The Morgan fingerprint density at radius 1 is 1.27 bits per heavy atom. The Morgan fingerprint density at radius 2 is 2.09 bits per heavy atom. The van der Waals surface area contributed by atoms with Crippen molar-refractivity contribution in [1.82, 2.24) is 4.90 Å². The van der Waals surface area contributed by atoms with Gasteiger partial charge in [0.25, 0.3) is 0 Å². The molecule has 0 aromatic rings. The maximum atomic E-state index is 9.67. The van der Waals surface area contributed by atoms with Crippen molar-refractivity contribution in [3.05, 3.63) is 0 Å². The summed E-state index contributed by atoms with van der Waals surface area (Å²) in [6, 6.07) is 0.693. The van der Waals surface area contributed by atoms with Crippen molar-refractivity contribution in [3.63, 3.8) is 0 Å². The fourth-order valence-corrected chi connectivity index (χ4v) is 2.68. The minimum absolute atomic E-state index is 0.00120. The van der Waals surface area contributed by atoms with E-state index in [-0.39, 0.29) is 6.10 Å². The van der Waals surface area contributed by atoms with Gasteiger partial charge >= 0.3 is 0 Å². The van der Waals surface area contributed by atoms with Gasteiger partial charge in [0.2, 0.25) is 0 Å². The first kappa shape index (κ1) is 7.56. The quantitative estimate of drug-likeness (QED) is 0.560. The number of nitrogens with zero attached hydrogens (tertiary/aromatic N) is 1. The molecule has 0 spiro atoms. The molecule has 2 rings (SSSR count). The second kappa shape index (κ2) is 2.76. The lowest BCUT2D eigenvalue weighted by Gasteiger charge is -2.38. The van der Waals surface area contributed by atoms with Gasteiger partial charge < -0.3 is 10.0 Å². The number of aliphatic hydroxyl groups is 1. The highest BCUT2D eigenvalue weighted by Gasteiger charge is 2.38. The maximum Gasteiger partial charge on any atom is 0.0595 e. The van der Waals surface area contributed by atoms with Crippen LogP contribution in [0.3, 0.4) is 0 Å². The smallest absolute Gasteiger partial charge is 0.0595 e. The van der Waals surface area contributed by atoms with Crippen LogP contribution in [0.4, 0.5) is 0 Å². The Labute approximate surface area is 68.2 Å². The van der Waals surface area contributed by atoms with Crippen molar-refractivity contribution >= 4 is 0 Å². The predicted octanol–water partition coefficient (Wildman–Crippen LogP) is 0.851. The molecule has 1 saturated heterocycles. The number of fused-ring (bicyclic) bond motifs is 1. The van der Waals surface area contributed by atoms with E-state index >= 15 is 0 Å². The van der Waals surface area contributed by atoms with Crippen LogP contribution >= 0.6 is 0 Å². The van der Waals surface area contributed by atoms with Crippen LogP contribution in [0.25, 0.3) is 0 Å². The van der Waals surface area contributed by atoms with Gasteiger partial charge in [-0.2, -0.15) is 0 Å². The molecular weight excluding hydrogens is 138 g/mol. The molecule has 64 valence electrons. The monoisotopic (exact) mass is 155 g/mol. The van der Waals surface area contributed by atoms with Gasteiger partial charge in [-0.1, -0.05) is 6.42 Å². The molecule has 2 unspecified atom stereocenters. The summed E-state index contributed by atoms with van der Waals surface area (Å²) in [5, 5.41) is 9.67. The topological polar surface area (TPSA) is 23.5 Å². The third-order valence-electron chi connectivity index (χ3n) is 3.37. The van der Waals surface area contributed by atoms with Crippen LogP contribution in [-0.4, -0.2) is 35.7 Å². The molecule has 3 atom stereocenters. The molecule has 1 N–H and O–H groups in total. The van der Waals surface area contributed by atoms with Crippen molar-refractivity contribution in [1.29, 1.82) is 0 Å². The highest BCUT2D eigenvalue weighted by molar-refractivity contribution is 4.92. The Morgan fingerprint density at radius 3 is 2.82 bits per heavy atom. The molecule has 0 amide bonds. The SMILES string of the molecule is CN1CC[C@H](O)C2CCCC21. The van der Waals surface area contributed by atoms with Crippen LogP contribution in [0, 0.1) is 5.92 Å². The Kier molecular flexibility index (Phi) is 1.90. The van der Waals surface area contributed by atoms with Gasteiger partial charge in [0.1, 0.15) is 0 Å². The fourth-order valence-electron chi connectivity index (χ4n) is 2.68. The van der Waals surface area contributed by atoms with Gasteiger partial charge in [0.15, 0.2) is 0 Å². The van der Waals surface area contributed by atoms with Crippen LogP contribution in [-0.2, 0) is 0 Å². The number of aliphatic hydroxyl groups excluding tert-OH is 1. The Bertz CT molecular complexity index is 132. The van der Waals surface area contributed by atoms with Gasteiger partial charge in [-0.15, -0.1) is 0 Å². The first-order chi connectivity index (χ1) is 5.29. The summed E-state index contributed by atoms with van der Waals surface area (Å²) in [5.41, 5.74) is 0. The number of hydrogen-bond acceptors (Lipinski definition) is 2. The molecule has 0 radical (unpaired) electrons. The number of likely N-dealkylation sites (tertiary alicyclic amines) is 1. The van der Waals surface area contributed by atoms with Crippen LogP contribution in [0.5, 0.6) is 0 Å². The number of piperidine rings is 1. The zero-order chi connectivity index (χ0) is 7.84. The molecule has 0 aromatic carbocycles. The molecule has 2 nitrogen and oxygen atoms in total. The van der Waals surface area contributed by atoms with E-state index in [0.29, 0.717) is 12.0 Å². The van der Waals surface area contributed by atoms with E-state index in [2.05, 4.69) is 11.9 Å². The standard InChI is InChI=1S/C9H17NO/c1-10-6-5-9(11)7-3-2-4-8(7)10/h7-9,11H,2-6H2,1H3/t7?,8?,9-/m0/s1. The summed E-state index contributed by atoms with van der Waals surface area (Å²) in [5.74, 6) is 0.591. The number of rotatable bonds is 0. The van der Waals surface area contributed by atoms with Crippen molar-refractivity contribution < 1.29 is 5.11 Å². The van der Waals surface area contributed by atoms with E-state index in [0.717, 1.165) is 13.0 Å². The summed E-state index contributed by atoms with van der Waals surface area (Å²) >= 11 is 0. The van der Waals surface area contributed by atoms with Crippen LogP contribution < -0.4 is 0 Å². The molecule has 2 aliphatic rings. The largest absolute Gasteiger partial charge is 0.393 e. The lowest BCUT2D eigenvalue weighted by Crippen LogP contribution is -2.46. The first-order valence-electron chi connectivity index (χ1n) is 4.67. The summed E-state index contributed by atoms with van der Waals surface area (Å²) in [7, 11) is 2.19. The normalized spacial score (nSPS) is 45.8. The second-order valence-corrected chi connectivity index (χ2v) is 4.00. The summed E-state index contributed by atoms with van der Waals surface area (Å²) in [6.45, 7) is 1.09. The summed E-state index contributed by atoms with van der Waals surface area (Å²) < 4.78 is 0. The molecule has 1 heterocycles. The molecule has 11 heavy (non-hydrogen) atoms. The molecule has 1 aliphatic heterocycles. The molecule has 0 aromatic heterocycles. The van der Waals surface area contributed by atoms with Gasteiger partial charge in [-0.05, 0) is 26.3 Å². The van der Waals surface area contributed by atoms with E-state index < -0.39 is 0 Å². The van der Waals surface area contributed by atoms with E-state index in [9.17, 15) is 5.11 Å². The van der Waals surface area contributed by atoms with E-state index in [1.807, 2.05) is 0 Å². The third kappa shape index (κ3) is 1.18. The lowest BCUT2D eigenvalue weighted by molar-refractivity contribution is 0.00996. The molecule has 0 bridgehead atoms. The molecule has 1 saturated carbocycles. The fraction of sp³-hybridized carbons (Fsp3) is 1.00. The molecule has 2 fully saturated rings. The first-order valence-corrected chi connectivity index (χ1v) is 4.67. The average Bonchev–Trinajstić information content (AvgIpc) is 2.45. The minimum atomic E-state index is -0.00120. The summed E-state index contributed by atoms with van der Waals surface area (Å²) in [6.07, 6.45) is 4.85. The molecular formula is C9H17NO. The minimum Gasteiger partial charge on any atom is -0.393 e. The van der Waals surface area contributed by atoms with E-state index in [4.69, 9.17) is 0 Å². The van der Waals surface area contributed by atoms with Crippen molar-refractivity contribution in [3.8, 4) is 0 Å². The average molecular weight is 155 g/mol. The van der Waals surface area contributed by atoms with Crippen molar-refractivity contribution in [2.45, 2.75) is 37.8 Å². The van der Waals surface area contributed by atoms with Gasteiger partial charge in [0, 0.05) is 18.5 Å². The van der Waals surface area contributed by atoms with E-state index in [1.54, 1.807) is 0 Å². The second-order valence-electron chi connectivity index (χ2n) is 4.00. The van der Waals surface area contributed by atoms with Crippen molar-refractivity contribution in [2.75, 3.05) is 13.6 Å². The summed E-state index contributed by atoms with van der Waals surface area (Å²) in [4.78, 5) is 2.42. The lowest BCUT2D eigenvalue weighted by atomic mass is 9.90.